The lowest BCUT2D eigenvalue weighted by molar-refractivity contribution is -0.663. The highest BCUT2D eigenvalue weighted by Crippen LogP contribution is 2.26. The molecule has 0 radical (unpaired) electrons. The molecule has 0 aliphatic carbocycles. The van der Waals surface area contributed by atoms with Crippen molar-refractivity contribution in [3.05, 3.63) is 93.2 Å². The number of ketones is 1. The number of imidazole rings is 1. The fraction of sp³-hybridized carbons (Fsp3) is 0.231. The van der Waals surface area contributed by atoms with Crippen molar-refractivity contribution in [2.24, 2.45) is 0 Å². The summed E-state index contributed by atoms with van der Waals surface area (Å²) in [6.07, 6.45) is 3.04. The zero-order chi connectivity index (χ0) is 21.5. The molecular weight excluding hydrogens is 452 g/mol. The van der Waals surface area contributed by atoms with Crippen LogP contribution in [0.5, 0.6) is 5.75 Å². The molecule has 4 nitrogen and oxygen atoms in total. The van der Waals surface area contributed by atoms with Crippen LogP contribution in [0.15, 0.2) is 65.4 Å². The number of hydrogen-bond donors (Lipinski definition) is 0. The van der Waals surface area contributed by atoms with Gasteiger partial charge in [0.15, 0.2) is 17.6 Å². The standard InChI is InChI=1S/C26H24BrN2O2/c1-17-11-23-24(12-18(17)2)29(15-25(30)20-4-6-22(27)7-5-20)16-28(23)14-19-3-8-26-21(13-19)9-10-31-26/h3-8,11-13,16H,9-10,14-15H2,1-2H3/q+1. The normalized spacial score (nSPS) is 12.7. The lowest BCUT2D eigenvalue weighted by atomic mass is 10.1. The van der Waals surface area contributed by atoms with E-state index in [4.69, 9.17) is 4.74 Å². The van der Waals surface area contributed by atoms with E-state index in [0.717, 1.165) is 46.4 Å². The molecule has 1 aliphatic heterocycles. The second-order valence-electron chi connectivity index (χ2n) is 8.27. The van der Waals surface area contributed by atoms with Crippen LogP contribution >= 0.6 is 15.9 Å². The molecule has 0 fully saturated rings. The van der Waals surface area contributed by atoms with E-state index in [1.165, 1.54) is 22.3 Å². The van der Waals surface area contributed by atoms with Crippen molar-refractivity contribution in [2.45, 2.75) is 33.4 Å². The van der Waals surface area contributed by atoms with Crippen LogP contribution < -0.4 is 9.30 Å². The van der Waals surface area contributed by atoms with Crippen molar-refractivity contribution in [3.8, 4) is 5.75 Å². The molecule has 0 N–H and O–H groups in total. The fourth-order valence-corrected chi connectivity index (χ4v) is 4.47. The van der Waals surface area contributed by atoms with E-state index >= 15 is 0 Å². The van der Waals surface area contributed by atoms with Crippen LogP contribution in [0.1, 0.15) is 32.6 Å². The van der Waals surface area contributed by atoms with Crippen molar-refractivity contribution >= 4 is 32.7 Å². The Balaban J connectivity index is 1.52. The molecule has 3 aromatic carbocycles. The van der Waals surface area contributed by atoms with Crippen LogP contribution in [0, 0.1) is 13.8 Å². The summed E-state index contributed by atoms with van der Waals surface area (Å²) in [4.78, 5) is 13.0. The minimum Gasteiger partial charge on any atom is -0.493 e. The monoisotopic (exact) mass is 475 g/mol. The van der Waals surface area contributed by atoms with Gasteiger partial charge in [0.1, 0.15) is 12.3 Å². The molecule has 5 rings (SSSR count). The molecule has 0 bridgehead atoms. The van der Waals surface area contributed by atoms with Gasteiger partial charge >= 0.3 is 0 Å². The Kier molecular flexibility index (Phi) is 5.14. The first-order valence-electron chi connectivity index (χ1n) is 10.5. The minimum atomic E-state index is 0.101. The summed E-state index contributed by atoms with van der Waals surface area (Å²) in [6.45, 7) is 6.09. The number of aryl methyl sites for hydroxylation is 2. The van der Waals surface area contributed by atoms with Crippen molar-refractivity contribution < 1.29 is 14.1 Å². The first-order valence-corrected chi connectivity index (χ1v) is 11.3. The Morgan fingerprint density at radius 3 is 2.65 bits per heavy atom. The number of Topliss-reactive ketones (excluding diaryl/α,β-unsaturated/α-hetero) is 1. The number of ether oxygens (including phenoxy) is 1. The number of hydrogen-bond acceptors (Lipinski definition) is 2. The SMILES string of the molecule is Cc1cc2c(cc1C)[n+](Cc1ccc3c(c1)CCO3)cn2CC(=O)c1ccc(Br)cc1. The van der Waals surface area contributed by atoms with Gasteiger partial charge in [-0.2, -0.15) is 0 Å². The van der Waals surface area contributed by atoms with Crippen molar-refractivity contribution in [1.29, 1.82) is 0 Å². The van der Waals surface area contributed by atoms with E-state index in [0.29, 0.717) is 6.54 Å². The van der Waals surface area contributed by atoms with Crippen molar-refractivity contribution in [2.75, 3.05) is 6.61 Å². The van der Waals surface area contributed by atoms with Gasteiger partial charge in [-0.25, -0.2) is 9.13 Å². The van der Waals surface area contributed by atoms with E-state index in [9.17, 15) is 4.79 Å². The van der Waals surface area contributed by atoms with Gasteiger partial charge in [-0.1, -0.05) is 34.1 Å². The van der Waals surface area contributed by atoms with Gasteiger partial charge in [-0.3, -0.25) is 4.79 Å². The summed E-state index contributed by atoms with van der Waals surface area (Å²) in [5.74, 6) is 1.10. The molecule has 1 aromatic heterocycles. The first kappa shape index (κ1) is 20.0. The fourth-order valence-electron chi connectivity index (χ4n) is 4.21. The van der Waals surface area contributed by atoms with E-state index in [1.807, 2.05) is 24.3 Å². The molecule has 0 spiro atoms. The largest absolute Gasteiger partial charge is 0.493 e. The van der Waals surface area contributed by atoms with Crippen LogP contribution in [0.2, 0.25) is 0 Å². The molecule has 1 aliphatic rings. The van der Waals surface area contributed by atoms with Gasteiger partial charge in [0.25, 0.3) is 0 Å². The third kappa shape index (κ3) is 3.90. The average Bonchev–Trinajstić information content (AvgIpc) is 3.34. The second kappa shape index (κ2) is 7.97. The summed E-state index contributed by atoms with van der Waals surface area (Å²) < 4.78 is 10.9. The van der Waals surface area contributed by atoms with Crippen LogP contribution in [0.3, 0.4) is 0 Å². The van der Waals surface area contributed by atoms with Crippen molar-refractivity contribution in [1.82, 2.24) is 4.57 Å². The van der Waals surface area contributed by atoms with Gasteiger partial charge in [0.2, 0.25) is 12.1 Å². The van der Waals surface area contributed by atoms with E-state index in [1.54, 1.807) is 0 Å². The Morgan fingerprint density at radius 1 is 1.06 bits per heavy atom. The second-order valence-corrected chi connectivity index (χ2v) is 9.18. The van der Waals surface area contributed by atoms with Gasteiger partial charge in [-0.05, 0) is 72.5 Å². The highest BCUT2D eigenvalue weighted by molar-refractivity contribution is 9.10. The number of rotatable bonds is 5. The zero-order valence-electron chi connectivity index (χ0n) is 17.7. The summed E-state index contributed by atoms with van der Waals surface area (Å²) >= 11 is 3.43. The van der Waals surface area contributed by atoms with Gasteiger partial charge in [0.05, 0.1) is 6.61 Å². The first-order chi connectivity index (χ1) is 15.0. The Labute approximate surface area is 190 Å². The minimum absolute atomic E-state index is 0.101. The molecular formula is C26H24BrN2O2+. The number of fused-ring (bicyclic) bond motifs is 2. The number of nitrogens with zero attached hydrogens (tertiary/aromatic N) is 2. The molecule has 156 valence electrons. The topological polar surface area (TPSA) is 35.1 Å². The van der Waals surface area contributed by atoms with Gasteiger partial charge in [-0.15, -0.1) is 0 Å². The Hall–Kier alpha value is -2.92. The maximum Gasteiger partial charge on any atom is 0.245 e. The van der Waals surface area contributed by atoms with E-state index in [2.05, 4.69) is 75.6 Å². The van der Waals surface area contributed by atoms with Gasteiger partial charge in [0, 0.05) is 16.5 Å². The molecule has 0 saturated heterocycles. The van der Waals surface area contributed by atoms with Crippen LogP contribution in [-0.4, -0.2) is 17.0 Å². The van der Waals surface area contributed by atoms with Crippen LogP contribution in [-0.2, 0) is 19.5 Å². The molecule has 0 atom stereocenters. The number of carbonyl (C=O) groups is 1. The van der Waals surface area contributed by atoms with Crippen LogP contribution in [0.25, 0.3) is 11.0 Å². The molecule has 5 heteroatoms. The maximum absolute atomic E-state index is 13.0. The number of benzene rings is 3. The Morgan fingerprint density at radius 2 is 1.84 bits per heavy atom. The lowest BCUT2D eigenvalue weighted by Gasteiger charge is -2.03. The predicted molar refractivity (Wildman–Crippen MR) is 125 cm³/mol. The smallest absolute Gasteiger partial charge is 0.245 e. The van der Waals surface area contributed by atoms with Crippen molar-refractivity contribution in [3.63, 3.8) is 0 Å². The lowest BCUT2D eigenvalue weighted by Crippen LogP contribution is -2.33. The summed E-state index contributed by atoms with van der Waals surface area (Å²) in [6, 6.07) is 18.4. The molecule has 2 heterocycles. The molecule has 0 amide bonds. The van der Waals surface area contributed by atoms with Crippen LogP contribution in [0.4, 0.5) is 0 Å². The van der Waals surface area contributed by atoms with Gasteiger partial charge < -0.3 is 4.74 Å². The van der Waals surface area contributed by atoms with E-state index in [-0.39, 0.29) is 5.78 Å². The number of halogens is 1. The molecule has 0 saturated carbocycles. The molecule has 31 heavy (non-hydrogen) atoms. The Bertz CT molecular complexity index is 1310. The summed E-state index contributed by atoms with van der Waals surface area (Å²) in [7, 11) is 0. The third-order valence-corrected chi connectivity index (χ3v) is 6.60. The van der Waals surface area contributed by atoms with E-state index < -0.39 is 0 Å². The number of aromatic nitrogens is 2. The predicted octanol–water partition coefficient (Wildman–Crippen LogP) is 5.17. The molecule has 0 unspecified atom stereocenters. The number of carbonyl (C=O) groups excluding carboxylic acids is 1. The quantitative estimate of drug-likeness (QED) is 0.294. The highest BCUT2D eigenvalue weighted by Gasteiger charge is 2.21. The highest BCUT2D eigenvalue weighted by atomic mass is 79.9. The average molecular weight is 476 g/mol. The maximum atomic E-state index is 13.0. The molecule has 4 aromatic rings. The zero-order valence-corrected chi connectivity index (χ0v) is 19.3. The summed E-state index contributed by atoms with van der Waals surface area (Å²) in [5.41, 5.74) is 7.94. The summed E-state index contributed by atoms with van der Waals surface area (Å²) in [5, 5.41) is 0. The third-order valence-electron chi connectivity index (χ3n) is 6.08.